The number of rotatable bonds is 6. The Balaban J connectivity index is 1.68. The molecule has 1 aliphatic carbocycles. The zero-order valence-electron chi connectivity index (χ0n) is 17.7. The summed E-state index contributed by atoms with van der Waals surface area (Å²) < 4.78 is 1.82. The van der Waals surface area contributed by atoms with E-state index in [0.717, 1.165) is 30.3 Å². The molecule has 2 heterocycles. The average molecular weight is 380 g/mol. The maximum Gasteiger partial charge on any atom is 0.274 e. The van der Waals surface area contributed by atoms with Gasteiger partial charge in [-0.05, 0) is 88.3 Å². The number of benzene rings is 1. The minimum Gasteiger partial charge on any atom is -0.334 e. The van der Waals surface area contributed by atoms with Crippen molar-refractivity contribution >= 4 is 11.4 Å². The van der Waals surface area contributed by atoms with E-state index in [0.29, 0.717) is 0 Å². The lowest BCUT2D eigenvalue weighted by Gasteiger charge is -2.33. The molecule has 4 heteroatoms. The smallest absolute Gasteiger partial charge is 0.274 e. The molecule has 1 saturated carbocycles. The lowest BCUT2D eigenvalue weighted by atomic mass is 9.98. The quantitative estimate of drug-likeness (QED) is 0.725. The molecule has 4 nitrogen and oxygen atoms in total. The molecule has 1 fully saturated rings. The van der Waals surface area contributed by atoms with Crippen molar-refractivity contribution in [3.63, 3.8) is 0 Å². The van der Waals surface area contributed by atoms with Crippen molar-refractivity contribution in [2.24, 2.45) is 5.92 Å². The van der Waals surface area contributed by atoms with E-state index >= 15 is 0 Å². The van der Waals surface area contributed by atoms with Crippen LogP contribution in [0.4, 0.5) is 11.4 Å². The normalized spacial score (nSPS) is 17.2. The molecule has 4 rings (SSSR count). The molecule has 28 heavy (non-hydrogen) atoms. The van der Waals surface area contributed by atoms with Crippen LogP contribution in [0, 0.1) is 5.92 Å². The molecule has 0 amide bonds. The van der Waals surface area contributed by atoms with Crippen LogP contribution >= 0.6 is 0 Å². The van der Waals surface area contributed by atoms with E-state index in [9.17, 15) is 4.79 Å². The summed E-state index contributed by atoms with van der Waals surface area (Å²) in [5.74, 6) is 0.927. The van der Waals surface area contributed by atoms with E-state index in [-0.39, 0.29) is 17.6 Å². The van der Waals surface area contributed by atoms with Crippen LogP contribution in [-0.4, -0.2) is 28.6 Å². The summed E-state index contributed by atoms with van der Waals surface area (Å²) in [6.07, 6.45) is 5.83. The molecule has 1 aliphatic heterocycles. The third kappa shape index (κ3) is 3.88. The van der Waals surface area contributed by atoms with Crippen LogP contribution in [0.2, 0.25) is 0 Å². The monoisotopic (exact) mass is 379 g/mol. The summed E-state index contributed by atoms with van der Waals surface area (Å²) in [4.78, 5) is 17.9. The first-order valence-corrected chi connectivity index (χ1v) is 10.8. The van der Waals surface area contributed by atoms with Gasteiger partial charge in [0.15, 0.2) is 0 Å². The maximum atomic E-state index is 13.1. The predicted molar refractivity (Wildman–Crippen MR) is 117 cm³/mol. The average Bonchev–Trinajstić information content (AvgIpc) is 3.46. The van der Waals surface area contributed by atoms with Gasteiger partial charge in [-0.3, -0.25) is 9.69 Å². The molecule has 1 aromatic carbocycles. The van der Waals surface area contributed by atoms with Gasteiger partial charge in [-0.2, -0.15) is 0 Å². The summed E-state index contributed by atoms with van der Waals surface area (Å²) in [6.45, 7) is 11.9. The van der Waals surface area contributed by atoms with Crippen LogP contribution in [-0.2, 0) is 13.0 Å². The molecule has 2 aliphatic rings. The highest BCUT2D eigenvalue weighted by atomic mass is 16.1. The Morgan fingerprint density at radius 2 is 1.89 bits per heavy atom. The zero-order chi connectivity index (χ0) is 19.8. The fourth-order valence-electron chi connectivity index (χ4n) is 4.38. The maximum absolute atomic E-state index is 13.1. The highest BCUT2D eigenvalue weighted by molar-refractivity contribution is 5.64. The van der Waals surface area contributed by atoms with Crippen LogP contribution in [0.3, 0.4) is 0 Å². The van der Waals surface area contributed by atoms with E-state index in [2.05, 4.69) is 55.7 Å². The number of hydrogen-bond acceptors (Lipinski definition) is 3. The van der Waals surface area contributed by atoms with Crippen LogP contribution in [0.1, 0.15) is 57.7 Å². The van der Waals surface area contributed by atoms with Crippen molar-refractivity contribution in [2.45, 2.75) is 65.6 Å². The molecule has 0 unspecified atom stereocenters. The van der Waals surface area contributed by atoms with Crippen LogP contribution in [0.15, 0.2) is 41.3 Å². The summed E-state index contributed by atoms with van der Waals surface area (Å²) in [5.41, 5.74) is 4.86. The van der Waals surface area contributed by atoms with Crippen molar-refractivity contribution < 1.29 is 0 Å². The first-order chi connectivity index (χ1) is 13.4. The first-order valence-electron chi connectivity index (χ1n) is 10.8. The molecular formula is C24H33N3O. The van der Waals surface area contributed by atoms with Gasteiger partial charge in [0.25, 0.3) is 5.56 Å². The predicted octanol–water partition coefficient (Wildman–Crippen LogP) is 4.74. The number of aromatic nitrogens is 1. The zero-order valence-corrected chi connectivity index (χ0v) is 17.7. The van der Waals surface area contributed by atoms with Gasteiger partial charge in [-0.15, -0.1) is 0 Å². The van der Waals surface area contributed by atoms with E-state index < -0.39 is 0 Å². The van der Waals surface area contributed by atoms with Crippen molar-refractivity contribution in [1.82, 2.24) is 9.47 Å². The first kappa shape index (κ1) is 19.3. The van der Waals surface area contributed by atoms with Crippen LogP contribution < -0.4 is 10.5 Å². The molecule has 2 aromatic rings. The van der Waals surface area contributed by atoms with Crippen LogP contribution in [0.5, 0.6) is 0 Å². The molecule has 0 spiro atoms. The Labute approximate surface area is 168 Å². The summed E-state index contributed by atoms with van der Waals surface area (Å²) in [7, 11) is 0. The minimum atomic E-state index is 0.0827. The van der Waals surface area contributed by atoms with Gasteiger partial charge >= 0.3 is 0 Å². The molecule has 0 radical (unpaired) electrons. The van der Waals surface area contributed by atoms with Gasteiger partial charge in [-0.25, -0.2) is 0 Å². The highest BCUT2D eigenvalue weighted by Gasteiger charge is 2.27. The van der Waals surface area contributed by atoms with E-state index in [1.165, 1.54) is 37.1 Å². The van der Waals surface area contributed by atoms with Gasteiger partial charge in [-0.1, -0.05) is 6.07 Å². The second-order valence-electron chi connectivity index (χ2n) is 9.04. The summed E-state index contributed by atoms with van der Waals surface area (Å²) in [5, 5.41) is 0. The van der Waals surface area contributed by atoms with Gasteiger partial charge < -0.3 is 9.47 Å². The van der Waals surface area contributed by atoms with Gasteiger partial charge in [0, 0.05) is 43.6 Å². The molecule has 1 aromatic heterocycles. The Hall–Kier alpha value is -2.07. The summed E-state index contributed by atoms with van der Waals surface area (Å²) >= 11 is 0. The van der Waals surface area contributed by atoms with E-state index in [4.69, 9.17) is 0 Å². The topological polar surface area (TPSA) is 28.5 Å². The summed E-state index contributed by atoms with van der Waals surface area (Å²) in [6, 6.07) is 11.1. The molecule has 0 atom stereocenters. The molecule has 0 N–H and O–H groups in total. The number of fused-ring (bicyclic) bond motifs is 1. The lowest BCUT2D eigenvalue weighted by Crippen LogP contribution is -2.35. The Kier molecular flexibility index (Phi) is 5.33. The number of anilines is 2. The second-order valence-corrected chi connectivity index (χ2v) is 9.04. The standard InChI is InChI=1S/C24H33N3O/c1-17(2)26-12-5-6-23(24(26)28)27(18(3)4)22-10-9-20-11-13-25(15-19-7-8-19)16-21(20)14-22/h5-6,9-10,12,14,17-19H,7-8,11,13,15-16H2,1-4H3. The lowest BCUT2D eigenvalue weighted by molar-refractivity contribution is 0.244. The van der Waals surface area contributed by atoms with Crippen molar-refractivity contribution in [3.05, 3.63) is 58.0 Å². The fraction of sp³-hybridized carbons (Fsp3) is 0.542. The van der Waals surface area contributed by atoms with E-state index in [1.54, 1.807) is 0 Å². The fourth-order valence-corrected chi connectivity index (χ4v) is 4.38. The third-order valence-electron chi connectivity index (χ3n) is 6.06. The SMILES string of the molecule is CC(C)N(c1ccc2c(c1)CN(CC1CC1)CC2)c1cccn(C(C)C)c1=O. The Morgan fingerprint density at radius 3 is 2.57 bits per heavy atom. The molecule has 0 bridgehead atoms. The molecular weight excluding hydrogens is 346 g/mol. The second kappa shape index (κ2) is 7.75. The van der Waals surface area contributed by atoms with Crippen LogP contribution in [0.25, 0.3) is 0 Å². The van der Waals surface area contributed by atoms with Crippen molar-refractivity contribution in [1.29, 1.82) is 0 Å². The van der Waals surface area contributed by atoms with Gasteiger partial charge in [0.1, 0.15) is 5.69 Å². The largest absolute Gasteiger partial charge is 0.334 e. The Bertz CT molecular complexity index is 895. The molecule has 150 valence electrons. The molecule has 0 saturated heterocycles. The highest BCUT2D eigenvalue weighted by Crippen LogP contribution is 2.33. The van der Waals surface area contributed by atoms with Gasteiger partial charge in [0.05, 0.1) is 0 Å². The Morgan fingerprint density at radius 1 is 1.11 bits per heavy atom. The number of nitrogens with zero attached hydrogens (tertiary/aromatic N) is 3. The third-order valence-corrected chi connectivity index (χ3v) is 6.06. The van der Waals surface area contributed by atoms with E-state index in [1.807, 2.05) is 22.9 Å². The number of hydrogen-bond donors (Lipinski definition) is 0. The van der Waals surface area contributed by atoms with Crippen molar-refractivity contribution in [3.8, 4) is 0 Å². The number of pyridine rings is 1. The van der Waals surface area contributed by atoms with Gasteiger partial charge in [0.2, 0.25) is 0 Å². The minimum absolute atomic E-state index is 0.0827. The van der Waals surface area contributed by atoms with Crippen molar-refractivity contribution in [2.75, 3.05) is 18.0 Å².